The predicted octanol–water partition coefficient (Wildman–Crippen LogP) is 7.50. The number of pyridine rings is 2. The van der Waals surface area contributed by atoms with Crippen LogP contribution in [-0.4, -0.2) is 40.6 Å². The fourth-order valence-electron chi connectivity index (χ4n) is 5.04. The van der Waals surface area contributed by atoms with Crippen LogP contribution < -0.4 is 20.1 Å². The third kappa shape index (κ3) is 8.07. The molecule has 1 aliphatic rings. The third-order valence-electron chi connectivity index (χ3n) is 7.38. The highest BCUT2D eigenvalue weighted by molar-refractivity contribution is 6.00. The maximum Gasteiger partial charge on any atom is 0.323 e. The number of carbonyl (C=O) groups excluding carboxylic acids is 1. The van der Waals surface area contributed by atoms with Crippen molar-refractivity contribution in [3.05, 3.63) is 103 Å². The average Bonchev–Trinajstić information content (AvgIpc) is 2.99. The molecule has 218 valence electrons. The van der Waals surface area contributed by atoms with Gasteiger partial charge in [-0.05, 0) is 97.4 Å². The molecule has 1 fully saturated rings. The van der Waals surface area contributed by atoms with Gasteiger partial charge in [-0.15, -0.1) is 0 Å². The van der Waals surface area contributed by atoms with Crippen LogP contribution in [-0.2, 0) is 12.0 Å². The number of piperidine rings is 1. The summed E-state index contributed by atoms with van der Waals surface area (Å²) in [5.41, 5.74) is 3.39. The Morgan fingerprint density at radius 3 is 2.38 bits per heavy atom. The molecule has 5 rings (SSSR count). The normalized spacial score (nSPS) is 14.3. The number of rotatable bonds is 9. The van der Waals surface area contributed by atoms with E-state index < -0.39 is 0 Å². The van der Waals surface area contributed by atoms with Crippen molar-refractivity contribution in [2.45, 2.75) is 45.6 Å². The molecule has 1 aliphatic heterocycles. The number of para-hydroxylation sites is 1. The highest BCUT2D eigenvalue weighted by Crippen LogP contribution is 2.35. The molecule has 2 aromatic carbocycles. The van der Waals surface area contributed by atoms with Gasteiger partial charge in [0.25, 0.3) is 0 Å². The van der Waals surface area contributed by atoms with Gasteiger partial charge in [-0.2, -0.15) is 0 Å². The molecule has 1 saturated heterocycles. The summed E-state index contributed by atoms with van der Waals surface area (Å²) in [6.45, 7) is 10.2. The first-order valence-corrected chi connectivity index (χ1v) is 14.5. The van der Waals surface area contributed by atoms with Gasteiger partial charge in [0.05, 0.1) is 6.61 Å². The van der Waals surface area contributed by atoms with Gasteiger partial charge in [-0.3, -0.25) is 9.88 Å². The Morgan fingerprint density at radius 1 is 0.905 bits per heavy atom. The van der Waals surface area contributed by atoms with Crippen LogP contribution in [0.5, 0.6) is 17.4 Å². The number of likely N-dealkylation sites (tertiary alicyclic amines) is 1. The number of hydrogen-bond donors (Lipinski definition) is 2. The quantitative estimate of drug-likeness (QED) is 0.218. The monoisotopic (exact) mass is 565 g/mol. The summed E-state index contributed by atoms with van der Waals surface area (Å²) in [7, 11) is 0. The molecule has 0 spiro atoms. The van der Waals surface area contributed by atoms with E-state index in [9.17, 15) is 4.79 Å². The average molecular weight is 566 g/mol. The van der Waals surface area contributed by atoms with Crippen LogP contribution in [0.3, 0.4) is 0 Å². The lowest BCUT2D eigenvalue weighted by atomic mass is 9.86. The van der Waals surface area contributed by atoms with Crippen molar-refractivity contribution in [2.75, 3.05) is 30.3 Å². The molecule has 0 unspecified atom stereocenters. The Morgan fingerprint density at radius 2 is 1.64 bits per heavy atom. The largest absolute Gasteiger partial charge is 0.493 e. The zero-order valence-corrected chi connectivity index (χ0v) is 24.5. The van der Waals surface area contributed by atoms with Crippen molar-refractivity contribution in [1.29, 1.82) is 0 Å². The van der Waals surface area contributed by atoms with Gasteiger partial charge in [0.2, 0.25) is 5.88 Å². The van der Waals surface area contributed by atoms with Gasteiger partial charge >= 0.3 is 6.03 Å². The number of carbonyl (C=O) groups is 1. The molecule has 0 radical (unpaired) electrons. The number of anilines is 2. The van der Waals surface area contributed by atoms with E-state index in [0.717, 1.165) is 43.8 Å². The first-order valence-electron chi connectivity index (χ1n) is 14.5. The van der Waals surface area contributed by atoms with Crippen molar-refractivity contribution in [3.63, 3.8) is 0 Å². The maximum absolute atomic E-state index is 12.8. The predicted molar refractivity (Wildman–Crippen MR) is 166 cm³/mol. The fraction of sp³-hybridized carbons (Fsp3) is 0.324. The third-order valence-corrected chi connectivity index (χ3v) is 7.38. The van der Waals surface area contributed by atoms with Crippen molar-refractivity contribution in [1.82, 2.24) is 14.9 Å². The Balaban J connectivity index is 1.09. The Kier molecular flexibility index (Phi) is 9.34. The first kappa shape index (κ1) is 29.1. The lowest BCUT2D eigenvalue weighted by Gasteiger charge is -2.31. The van der Waals surface area contributed by atoms with Crippen molar-refractivity contribution < 1.29 is 14.3 Å². The van der Waals surface area contributed by atoms with E-state index >= 15 is 0 Å². The molecular formula is C34H39N5O3. The molecule has 0 aliphatic carbocycles. The maximum atomic E-state index is 12.8. The van der Waals surface area contributed by atoms with Gasteiger partial charge in [0.15, 0.2) is 0 Å². The second kappa shape index (κ2) is 13.5. The van der Waals surface area contributed by atoms with E-state index in [1.165, 1.54) is 5.56 Å². The van der Waals surface area contributed by atoms with E-state index in [-0.39, 0.29) is 11.4 Å². The van der Waals surface area contributed by atoms with Crippen molar-refractivity contribution >= 4 is 17.4 Å². The SMILES string of the molecule is CC(C)(C)c1ccccc1Oc1ncccc1NC(=O)Nc1ccc(OCC2CCN(Cc3ccncc3)CC2)cc1. The Labute approximate surface area is 248 Å². The van der Waals surface area contributed by atoms with E-state index in [4.69, 9.17) is 9.47 Å². The number of ether oxygens (including phenoxy) is 2. The highest BCUT2D eigenvalue weighted by atomic mass is 16.5. The van der Waals surface area contributed by atoms with E-state index in [0.29, 0.717) is 35.5 Å². The summed E-state index contributed by atoms with van der Waals surface area (Å²) in [6, 6.07) is 22.6. The molecule has 2 N–H and O–H groups in total. The lowest BCUT2D eigenvalue weighted by molar-refractivity contribution is 0.136. The van der Waals surface area contributed by atoms with Gasteiger partial charge in [-0.25, -0.2) is 9.78 Å². The fourth-order valence-corrected chi connectivity index (χ4v) is 5.04. The van der Waals surface area contributed by atoms with Gasteiger partial charge in [0, 0.05) is 36.4 Å². The second-order valence-electron chi connectivity index (χ2n) is 11.7. The summed E-state index contributed by atoms with van der Waals surface area (Å²) in [5.74, 6) is 2.36. The summed E-state index contributed by atoms with van der Waals surface area (Å²) in [4.78, 5) is 23.8. The van der Waals surface area contributed by atoms with E-state index in [1.54, 1.807) is 18.3 Å². The standard InChI is InChI=1S/C34H39N5O3/c1-34(2,3)29-7-4-5-9-31(29)42-32-30(8-6-18-36-32)38-33(40)37-27-10-12-28(13-11-27)41-24-26-16-21-39(22-17-26)23-25-14-19-35-20-15-25/h4-15,18-20,26H,16-17,21-24H2,1-3H3,(H2,37,38,40). The van der Waals surface area contributed by atoms with Crippen LogP contribution in [0.25, 0.3) is 0 Å². The minimum absolute atomic E-state index is 0.107. The lowest BCUT2D eigenvalue weighted by Crippen LogP contribution is -2.35. The minimum atomic E-state index is -0.385. The van der Waals surface area contributed by atoms with Crippen LogP contribution in [0.4, 0.5) is 16.2 Å². The number of aromatic nitrogens is 2. The molecule has 0 saturated carbocycles. The summed E-state index contributed by atoms with van der Waals surface area (Å²) in [6.07, 6.45) is 7.58. The minimum Gasteiger partial charge on any atom is -0.493 e. The Bertz CT molecular complexity index is 1450. The van der Waals surface area contributed by atoms with Crippen molar-refractivity contribution in [2.24, 2.45) is 5.92 Å². The van der Waals surface area contributed by atoms with Crippen LogP contribution >= 0.6 is 0 Å². The molecule has 8 nitrogen and oxygen atoms in total. The molecule has 3 heterocycles. The number of nitrogens with one attached hydrogen (secondary N) is 2. The molecular weight excluding hydrogens is 526 g/mol. The van der Waals surface area contributed by atoms with Gasteiger partial charge in [-0.1, -0.05) is 39.0 Å². The van der Waals surface area contributed by atoms with Crippen LogP contribution in [0.15, 0.2) is 91.4 Å². The molecule has 4 aromatic rings. The summed E-state index contributed by atoms with van der Waals surface area (Å²) in [5, 5.41) is 5.74. The Hall–Kier alpha value is -4.43. The molecule has 2 amide bonds. The van der Waals surface area contributed by atoms with Crippen molar-refractivity contribution in [3.8, 4) is 17.4 Å². The van der Waals surface area contributed by atoms with E-state index in [2.05, 4.69) is 58.4 Å². The van der Waals surface area contributed by atoms with Gasteiger partial charge in [0.1, 0.15) is 17.2 Å². The zero-order chi connectivity index (χ0) is 29.4. The zero-order valence-electron chi connectivity index (χ0n) is 24.5. The second-order valence-corrected chi connectivity index (χ2v) is 11.7. The summed E-state index contributed by atoms with van der Waals surface area (Å²) >= 11 is 0. The smallest absolute Gasteiger partial charge is 0.323 e. The molecule has 8 heteroatoms. The first-order chi connectivity index (χ1) is 20.3. The summed E-state index contributed by atoms with van der Waals surface area (Å²) < 4.78 is 12.2. The number of nitrogens with zero attached hydrogens (tertiary/aromatic N) is 3. The van der Waals surface area contributed by atoms with Gasteiger partial charge < -0.3 is 20.1 Å². The van der Waals surface area contributed by atoms with E-state index in [1.807, 2.05) is 60.9 Å². The van der Waals surface area contributed by atoms with Crippen LogP contribution in [0.2, 0.25) is 0 Å². The molecule has 0 atom stereocenters. The van der Waals surface area contributed by atoms with Crippen LogP contribution in [0, 0.1) is 5.92 Å². The number of benzene rings is 2. The highest BCUT2D eigenvalue weighted by Gasteiger charge is 2.21. The van der Waals surface area contributed by atoms with Crippen LogP contribution in [0.1, 0.15) is 44.7 Å². The number of hydrogen-bond acceptors (Lipinski definition) is 6. The number of amides is 2. The topological polar surface area (TPSA) is 88.6 Å². The molecule has 42 heavy (non-hydrogen) atoms. The number of urea groups is 1. The molecule has 2 aromatic heterocycles. The molecule has 0 bridgehead atoms.